The number of aromatic nitrogens is 2. The van der Waals surface area contributed by atoms with Gasteiger partial charge < -0.3 is 5.32 Å². The molecule has 0 radical (unpaired) electrons. The summed E-state index contributed by atoms with van der Waals surface area (Å²) in [5.41, 5.74) is 3.67. The van der Waals surface area contributed by atoms with Crippen molar-refractivity contribution >= 4 is 28.1 Å². The number of aryl methyl sites for hydroxylation is 2. The average Bonchev–Trinajstić information content (AvgIpc) is 3.29. The van der Waals surface area contributed by atoms with Crippen molar-refractivity contribution in [3.63, 3.8) is 0 Å². The van der Waals surface area contributed by atoms with Gasteiger partial charge in [-0.05, 0) is 47.5 Å². The predicted molar refractivity (Wildman–Crippen MR) is 121 cm³/mol. The fourth-order valence-electron chi connectivity index (χ4n) is 3.53. The first-order valence-corrected chi connectivity index (χ1v) is 10.8. The van der Waals surface area contributed by atoms with E-state index in [4.69, 9.17) is 0 Å². The van der Waals surface area contributed by atoms with Gasteiger partial charge in [0.15, 0.2) is 0 Å². The van der Waals surface area contributed by atoms with Crippen LogP contribution < -0.4 is 10.9 Å². The SMILES string of the molecule is CCc1ccc(C(NC(=O)Cn2cnc3c(C)cccc3c2=O)c2cccs2)cc1. The average molecular weight is 418 g/mol. The molecule has 1 atom stereocenters. The summed E-state index contributed by atoms with van der Waals surface area (Å²) in [7, 11) is 0. The molecule has 5 nitrogen and oxygen atoms in total. The van der Waals surface area contributed by atoms with Crippen LogP contribution in [0.25, 0.3) is 10.9 Å². The normalized spacial score (nSPS) is 12.1. The van der Waals surface area contributed by atoms with Gasteiger partial charge in [0, 0.05) is 4.88 Å². The van der Waals surface area contributed by atoms with Crippen molar-refractivity contribution < 1.29 is 4.79 Å². The molecule has 0 aliphatic rings. The zero-order valence-electron chi connectivity index (χ0n) is 17.0. The van der Waals surface area contributed by atoms with Crippen molar-refractivity contribution in [2.75, 3.05) is 0 Å². The molecule has 0 fully saturated rings. The minimum Gasteiger partial charge on any atom is -0.343 e. The van der Waals surface area contributed by atoms with Crippen molar-refractivity contribution in [2.24, 2.45) is 0 Å². The van der Waals surface area contributed by atoms with Gasteiger partial charge in [0.2, 0.25) is 5.91 Å². The molecule has 30 heavy (non-hydrogen) atoms. The topological polar surface area (TPSA) is 64.0 Å². The van der Waals surface area contributed by atoms with Crippen LogP contribution in [-0.4, -0.2) is 15.5 Å². The van der Waals surface area contributed by atoms with Gasteiger partial charge in [-0.1, -0.05) is 49.4 Å². The van der Waals surface area contributed by atoms with Crippen molar-refractivity contribution in [1.29, 1.82) is 0 Å². The quantitative estimate of drug-likeness (QED) is 0.510. The van der Waals surface area contributed by atoms with E-state index in [9.17, 15) is 9.59 Å². The number of benzene rings is 2. The second kappa shape index (κ2) is 8.63. The predicted octanol–water partition coefficient (Wildman–Crippen LogP) is 4.23. The van der Waals surface area contributed by atoms with E-state index in [1.165, 1.54) is 16.5 Å². The maximum Gasteiger partial charge on any atom is 0.261 e. The monoisotopic (exact) mass is 417 g/mol. The van der Waals surface area contributed by atoms with Crippen LogP contribution in [0.2, 0.25) is 0 Å². The lowest BCUT2D eigenvalue weighted by molar-refractivity contribution is -0.122. The Kier molecular flexibility index (Phi) is 5.77. The highest BCUT2D eigenvalue weighted by molar-refractivity contribution is 7.10. The molecule has 0 spiro atoms. The number of rotatable bonds is 6. The largest absolute Gasteiger partial charge is 0.343 e. The van der Waals surface area contributed by atoms with Crippen molar-refractivity contribution in [1.82, 2.24) is 14.9 Å². The van der Waals surface area contributed by atoms with Gasteiger partial charge in [0.05, 0.1) is 23.3 Å². The fourth-order valence-corrected chi connectivity index (χ4v) is 4.33. The summed E-state index contributed by atoms with van der Waals surface area (Å²) in [5.74, 6) is -0.233. The lowest BCUT2D eigenvalue weighted by atomic mass is 10.0. The van der Waals surface area contributed by atoms with E-state index in [0.29, 0.717) is 10.9 Å². The Morgan fingerprint density at radius 3 is 2.63 bits per heavy atom. The first kappa shape index (κ1) is 20.0. The van der Waals surface area contributed by atoms with Gasteiger partial charge in [-0.15, -0.1) is 11.3 Å². The molecular weight excluding hydrogens is 394 g/mol. The number of hydrogen-bond acceptors (Lipinski definition) is 4. The molecule has 1 N–H and O–H groups in total. The number of hydrogen-bond donors (Lipinski definition) is 1. The Morgan fingerprint density at radius 1 is 1.13 bits per heavy atom. The van der Waals surface area contributed by atoms with Gasteiger partial charge in [-0.2, -0.15) is 0 Å². The minimum absolute atomic E-state index is 0.0787. The third-order valence-electron chi connectivity index (χ3n) is 5.22. The van der Waals surface area contributed by atoms with E-state index in [0.717, 1.165) is 22.4 Å². The van der Waals surface area contributed by atoms with Crippen LogP contribution in [0.1, 0.15) is 34.5 Å². The van der Waals surface area contributed by atoms with Gasteiger partial charge >= 0.3 is 0 Å². The van der Waals surface area contributed by atoms with Crippen LogP contribution in [0.15, 0.2) is 71.1 Å². The number of fused-ring (bicyclic) bond motifs is 1. The van der Waals surface area contributed by atoms with E-state index < -0.39 is 0 Å². The van der Waals surface area contributed by atoms with E-state index in [-0.39, 0.29) is 24.1 Å². The second-order valence-electron chi connectivity index (χ2n) is 7.26. The Balaban J connectivity index is 1.59. The maximum absolute atomic E-state index is 12.9. The molecule has 0 aliphatic carbocycles. The molecule has 0 saturated carbocycles. The van der Waals surface area contributed by atoms with Crippen LogP contribution in [0, 0.1) is 6.92 Å². The Hall–Kier alpha value is -3.25. The lowest BCUT2D eigenvalue weighted by Gasteiger charge is -2.19. The standard InChI is InChI=1S/C24H23N3O2S/c1-3-17-9-11-18(12-10-17)23(20-8-5-13-30-20)26-21(28)14-27-15-25-22-16(2)6-4-7-19(22)24(27)29/h4-13,15,23H,3,14H2,1-2H3,(H,26,28). The lowest BCUT2D eigenvalue weighted by Crippen LogP contribution is -2.35. The zero-order valence-corrected chi connectivity index (χ0v) is 17.8. The molecule has 0 saturated heterocycles. The fraction of sp³-hybridized carbons (Fsp3) is 0.208. The summed E-state index contributed by atoms with van der Waals surface area (Å²) >= 11 is 1.60. The Labute approximate surface area is 179 Å². The van der Waals surface area contributed by atoms with Crippen LogP contribution in [0.3, 0.4) is 0 Å². The molecule has 1 amide bonds. The zero-order chi connectivity index (χ0) is 21.1. The van der Waals surface area contributed by atoms with Crippen LogP contribution in [-0.2, 0) is 17.8 Å². The molecule has 2 heterocycles. The van der Waals surface area contributed by atoms with Crippen LogP contribution in [0.5, 0.6) is 0 Å². The third-order valence-corrected chi connectivity index (χ3v) is 6.16. The highest BCUT2D eigenvalue weighted by atomic mass is 32.1. The number of carbonyl (C=O) groups is 1. The first-order chi connectivity index (χ1) is 14.6. The van der Waals surface area contributed by atoms with Crippen LogP contribution in [0.4, 0.5) is 0 Å². The second-order valence-corrected chi connectivity index (χ2v) is 8.24. The van der Waals surface area contributed by atoms with E-state index in [2.05, 4.69) is 41.5 Å². The molecule has 4 aromatic rings. The van der Waals surface area contributed by atoms with E-state index >= 15 is 0 Å². The molecular formula is C24H23N3O2S. The Bertz CT molecular complexity index is 1230. The molecule has 0 aliphatic heterocycles. The highest BCUT2D eigenvalue weighted by Gasteiger charge is 2.19. The third kappa shape index (κ3) is 4.04. The molecule has 1 unspecified atom stereocenters. The molecule has 152 valence electrons. The summed E-state index contributed by atoms with van der Waals surface area (Å²) in [4.78, 5) is 31.1. The summed E-state index contributed by atoms with van der Waals surface area (Å²) in [5, 5.41) is 5.61. The first-order valence-electron chi connectivity index (χ1n) is 9.93. The van der Waals surface area contributed by atoms with Crippen molar-refractivity contribution in [3.05, 3.63) is 98.2 Å². The summed E-state index contributed by atoms with van der Waals surface area (Å²) < 4.78 is 1.36. The number of carbonyl (C=O) groups excluding carboxylic acids is 1. The minimum atomic E-state index is -0.255. The van der Waals surface area contributed by atoms with Gasteiger partial charge in [-0.3, -0.25) is 14.2 Å². The molecule has 4 rings (SSSR count). The maximum atomic E-state index is 12.9. The summed E-state index contributed by atoms with van der Waals surface area (Å²) in [6.07, 6.45) is 2.42. The Morgan fingerprint density at radius 2 is 1.93 bits per heavy atom. The molecule has 2 aromatic carbocycles. The van der Waals surface area contributed by atoms with Crippen molar-refractivity contribution in [2.45, 2.75) is 32.9 Å². The summed E-state index contributed by atoms with van der Waals surface area (Å²) in [6.45, 7) is 3.95. The number of para-hydroxylation sites is 1. The van der Waals surface area contributed by atoms with E-state index in [1.807, 2.05) is 36.6 Å². The number of nitrogens with one attached hydrogen (secondary N) is 1. The highest BCUT2D eigenvalue weighted by Crippen LogP contribution is 2.26. The smallest absolute Gasteiger partial charge is 0.261 e. The van der Waals surface area contributed by atoms with E-state index in [1.54, 1.807) is 17.4 Å². The number of amides is 1. The van der Waals surface area contributed by atoms with Gasteiger partial charge in [-0.25, -0.2) is 4.98 Å². The summed E-state index contributed by atoms with van der Waals surface area (Å²) in [6, 6.07) is 17.5. The number of nitrogens with zero attached hydrogens (tertiary/aromatic N) is 2. The number of thiophene rings is 1. The van der Waals surface area contributed by atoms with Crippen molar-refractivity contribution in [3.8, 4) is 0 Å². The van der Waals surface area contributed by atoms with Gasteiger partial charge in [0.1, 0.15) is 6.54 Å². The van der Waals surface area contributed by atoms with Crippen LogP contribution >= 0.6 is 11.3 Å². The molecule has 6 heteroatoms. The molecule has 2 aromatic heterocycles. The molecule has 0 bridgehead atoms. The van der Waals surface area contributed by atoms with Gasteiger partial charge in [0.25, 0.3) is 5.56 Å².